The number of fused-ring (bicyclic) bond motifs is 5. The molecule has 7 heterocycles. The van der Waals surface area contributed by atoms with E-state index in [4.69, 9.17) is 21.3 Å². The van der Waals surface area contributed by atoms with Crippen LogP contribution in [0.15, 0.2) is 66.7 Å². The van der Waals surface area contributed by atoms with E-state index >= 15 is 0 Å². The van der Waals surface area contributed by atoms with Gasteiger partial charge in [-0.15, -0.1) is 0 Å². The maximum Gasteiger partial charge on any atom is 0.219 e. The predicted octanol–water partition coefficient (Wildman–Crippen LogP) is 3.85. The lowest BCUT2D eigenvalue weighted by atomic mass is 9.88. The molecule has 4 aliphatic rings. The summed E-state index contributed by atoms with van der Waals surface area (Å²) in [6, 6.07) is 10.0. The first-order valence-electron chi connectivity index (χ1n) is 12.3. The number of nitrogens with zero attached hydrogens (tertiary/aromatic N) is 4. The Labute approximate surface area is 215 Å². The Morgan fingerprint density at radius 1 is 1.28 bits per heavy atom. The van der Waals surface area contributed by atoms with Crippen LogP contribution in [-0.4, -0.2) is 56.6 Å². The number of rotatable bonds is 5. The molecular weight excluding hydrogens is 476 g/mol. The first-order valence-corrected chi connectivity index (χ1v) is 12.6. The molecule has 4 aliphatic heterocycles. The van der Waals surface area contributed by atoms with Crippen LogP contribution in [0.25, 0.3) is 17.0 Å². The number of aromatic nitrogens is 3. The zero-order chi connectivity index (χ0) is 24.9. The number of hydrogen-bond acceptors (Lipinski definition) is 7. The lowest BCUT2D eigenvalue weighted by Gasteiger charge is -2.54. The van der Waals surface area contributed by atoms with Crippen molar-refractivity contribution in [2.75, 3.05) is 13.7 Å². The summed E-state index contributed by atoms with van der Waals surface area (Å²) in [5.74, 6) is -1.02. The zero-order valence-corrected chi connectivity index (χ0v) is 21.1. The minimum absolute atomic E-state index is 0.106. The summed E-state index contributed by atoms with van der Waals surface area (Å²) in [7, 11) is 1.69. The number of pyridine rings is 2. The molecule has 3 aromatic rings. The monoisotopic (exact) mass is 504 g/mol. The predicted molar refractivity (Wildman–Crippen MR) is 138 cm³/mol. The van der Waals surface area contributed by atoms with Crippen LogP contribution in [0.2, 0.25) is 5.02 Å². The zero-order valence-electron chi connectivity index (χ0n) is 20.3. The van der Waals surface area contributed by atoms with Gasteiger partial charge in [0, 0.05) is 37.6 Å². The van der Waals surface area contributed by atoms with Crippen molar-refractivity contribution >= 4 is 23.5 Å². The second-order valence-corrected chi connectivity index (χ2v) is 10.4. The molecule has 4 unspecified atom stereocenters. The van der Waals surface area contributed by atoms with E-state index in [0.717, 1.165) is 54.8 Å². The molecule has 7 rings (SSSR count). The van der Waals surface area contributed by atoms with Crippen molar-refractivity contribution in [3.8, 4) is 11.4 Å². The third-order valence-corrected chi connectivity index (χ3v) is 8.00. The van der Waals surface area contributed by atoms with E-state index in [2.05, 4.69) is 38.0 Å². The molecule has 0 radical (unpaired) electrons. The first kappa shape index (κ1) is 23.4. The van der Waals surface area contributed by atoms with E-state index < -0.39 is 5.85 Å². The van der Waals surface area contributed by atoms with E-state index in [1.807, 2.05) is 42.5 Å². The van der Waals surface area contributed by atoms with Crippen LogP contribution in [-0.2, 0) is 9.53 Å². The van der Waals surface area contributed by atoms with Gasteiger partial charge in [-0.3, -0.25) is 9.78 Å². The van der Waals surface area contributed by atoms with Gasteiger partial charge in [-0.25, -0.2) is 9.88 Å². The molecule has 36 heavy (non-hydrogen) atoms. The number of methoxy groups -OCH3 is 1. The van der Waals surface area contributed by atoms with Gasteiger partial charge in [-0.2, -0.15) is 0 Å². The molecule has 0 amide bonds. The molecule has 0 aromatic carbocycles. The molecule has 0 spiro atoms. The van der Waals surface area contributed by atoms with Gasteiger partial charge in [0.15, 0.2) is 6.29 Å². The number of carbonyl (C=O) groups is 1. The number of carbonyl (C=O) groups excluding carboxylic acids is 1. The topological polar surface area (TPSA) is 83.8 Å². The smallest absolute Gasteiger partial charge is 0.219 e. The van der Waals surface area contributed by atoms with E-state index in [-0.39, 0.29) is 11.6 Å². The summed E-state index contributed by atoms with van der Waals surface area (Å²) in [5, 5.41) is 7.75. The number of imidazole rings is 1. The molecule has 0 saturated carbocycles. The summed E-state index contributed by atoms with van der Waals surface area (Å²) >= 11 is 6.17. The van der Waals surface area contributed by atoms with Crippen molar-refractivity contribution in [3.63, 3.8) is 0 Å². The number of nitrogens with one attached hydrogen (secondary N) is 2. The van der Waals surface area contributed by atoms with E-state index in [0.29, 0.717) is 16.8 Å². The number of piperidine rings is 1. The molecule has 186 valence electrons. The maximum absolute atomic E-state index is 11.8. The molecule has 2 N–H and O–H groups in total. The third kappa shape index (κ3) is 3.67. The Kier molecular flexibility index (Phi) is 5.72. The lowest BCUT2D eigenvalue weighted by molar-refractivity contribution is -0.179. The number of aldehydes is 1. The summed E-state index contributed by atoms with van der Waals surface area (Å²) in [4.78, 5) is 23.9. The average molecular weight is 505 g/mol. The Balaban J connectivity index is 1.60. The Morgan fingerprint density at radius 3 is 2.89 bits per heavy atom. The molecule has 3 aromatic heterocycles. The Bertz CT molecular complexity index is 1360. The van der Waals surface area contributed by atoms with Gasteiger partial charge in [0.2, 0.25) is 5.85 Å². The van der Waals surface area contributed by atoms with Crippen LogP contribution in [0.4, 0.5) is 0 Å². The first-order chi connectivity index (χ1) is 17.5. The van der Waals surface area contributed by atoms with Crippen LogP contribution < -0.4 is 10.6 Å². The quantitative estimate of drug-likeness (QED) is 0.510. The molecule has 9 heteroatoms. The molecule has 3 fully saturated rings. The molecular formula is C27H29ClN6O2. The summed E-state index contributed by atoms with van der Waals surface area (Å²) < 4.78 is 8.42. The number of halogens is 1. The van der Waals surface area contributed by atoms with Crippen LogP contribution >= 0.6 is 11.6 Å². The number of dihydropyridines is 1. The van der Waals surface area contributed by atoms with Gasteiger partial charge in [-0.05, 0) is 62.6 Å². The fourth-order valence-electron chi connectivity index (χ4n) is 6.10. The molecule has 8 nitrogen and oxygen atoms in total. The second kappa shape index (κ2) is 8.81. The van der Waals surface area contributed by atoms with Gasteiger partial charge in [-0.1, -0.05) is 23.7 Å². The number of hydrogen-bond donors (Lipinski definition) is 2. The molecule has 0 aliphatic carbocycles. The highest BCUT2D eigenvalue weighted by Crippen LogP contribution is 2.48. The molecule has 4 atom stereocenters. The van der Waals surface area contributed by atoms with Crippen LogP contribution in [0.1, 0.15) is 37.9 Å². The lowest BCUT2D eigenvalue weighted by Crippen LogP contribution is -2.69. The van der Waals surface area contributed by atoms with Crippen molar-refractivity contribution in [1.82, 2.24) is 29.9 Å². The van der Waals surface area contributed by atoms with Gasteiger partial charge in [0.1, 0.15) is 11.3 Å². The van der Waals surface area contributed by atoms with E-state index in [1.165, 1.54) is 0 Å². The van der Waals surface area contributed by atoms with E-state index in [1.54, 1.807) is 19.4 Å². The highest BCUT2D eigenvalue weighted by Gasteiger charge is 2.55. The molecule has 3 saturated heterocycles. The normalized spacial score (nSPS) is 30.1. The van der Waals surface area contributed by atoms with Crippen LogP contribution in [0.3, 0.4) is 0 Å². The van der Waals surface area contributed by atoms with Crippen molar-refractivity contribution < 1.29 is 9.53 Å². The summed E-state index contributed by atoms with van der Waals surface area (Å²) in [6.07, 6.45) is 13.1. The Hall–Kier alpha value is -3.04. The van der Waals surface area contributed by atoms with Crippen molar-refractivity contribution in [2.45, 2.75) is 49.7 Å². The third-order valence-electron chi connectivity index (χ3n) is 7.77. The van der Waals surface area contributed by atoms with E-state index in [9.17, 15) is 4.79 Å². The minimum atomic E-state index is -1.02. The largest absolute Gasteiger partial charge is 0.343 e. The minimum Gasteiger partial charge on any atom is -0.343 e. The van der Waals surface area contributed by atoms with Crippen LogP contribution in [0.5, 0.6) is 0 Å². The highest BCUT2D eigenvalue weighted by molar-refractivity contribution is 6.30. The van der Waals surface area contributed by atoms with Crippen molar-refractivity contribution in [3.05, 3.63) is 77.4 Å². The van der Waals surface area contributed by atoms with Crippen LogP contribution in [0, 0.1) is 0 Å². The van der Waals surface area contributed by atoms with Gasteiger partial charge in [0.25, 0.3) is 0 Å². The van der Waals surface area contributed by atoms with Gasteiger partial charge in [0.05, 0.1) is 28.1 Å². The SMILES string of the molecule is COC1(N2C(c3c(-c4ccc(Cl)cn4)nc4ccccn34)CC3CCC2(C)CN3)C=CC=C(C=O)N1. The fraction of sp³-hybridized carbons (Fsp3) is 0.370. The molecule has 2 bridgehead atoms. The summed E-state index contributed by atoms with van der Waals surface area (Å²) in [6.45, 7) is 3.08. The van der Waals surface area contributed by atoms with Crippen molar-refractivity contribution in [1.29, 1.82) is 0 Å². The highest BCUT2D eigenvalue weighted by atomic mass is 35.5. The second-order valence-electron chi connectivity index (χ2n) is 10.00. The average Bonchev–Trinajstić information content (AvgIpc) is 3.14. The fourth-order valence-corrected chi connectivity index (χ4v) is 6.21. The standard InChI is InChI=1S/C27H29ClN6O2/c1-26-12-10-19(30-17-26)14-22(34(26)27(36-2)11-5-6-20(16-35)32-27)25-24(21-9-8-18(28)15-29-21)31-23-7-3-4-13-33(23)25/h3-9,11,13,15-16,19,22,30,32H,10,12,14,17H2,1-2H3. The van der Waals surface area contributed by atoms with Crippen molar-refractivity contribution in [2.24, 2.45) is 0 Å². The Morgan fingerprint density at radius 2 is 2.17 bits per heavy atom. The van der Waals surface area contributed by atoms with Gasteiger partial charge >= 0.3 is 0 Å². The maximum atomic E-state index is 11.8. The number of allylic oxidation sites excluding steroid dienone is 3. The summed E-state index contributed by atoms with van der Waals surface area (Å²) in [5.41, 5.74) is 3.68. The van der Waals surface area contributed by atoms with Gasteiger partial charge < -0.3 is 19.8 Å². The number of ether oxygens (including phenoxy) is 1.